The number of aryl methyl sites for hydroxylation is 1. The van der Waals surface area contributed by atoms with E-state index in [0.717, 1.165) is 17.1 Å². The molecule has 0 saturated carbocycles. The minimum atomic E-state index is 0.488. The molecular formula is C17H15ClN4S. The van der Waals surface area contributed by atoms with Gasteiger partial charge in [0.25, 0.3) is 0 Å². The number of rotatable bonds is 3. The van der Waals surface area contributed by atoms with Gasteiger partial charge >= 0.3 is 0 Å². The first-order valence-electron chi connectivity index (χ1n) is 7.06. The molecule has 0 amide bonds. The van der Waals surface area contributed by atoms with Crippen LogP contribution in [0.2, 0.25) is 5.02 Å². The molecule has 3 rings (SSSR count). The van der Waals surface area contributed by atoms with E-state index in [0.29, 0.717) is 10.1 Å². The van der Waals surface area contributed by atoms with Crippen LogP contribution in [0.15, 0.2) is 60.9 Å². The van der Waals surface area contributed by atoms with E-state index >= 15 is 0 Å². The van der Waals surface area contributed by atoms with Crippen LogP contribution in [-0.4, -0.2) is 14.8 Å². The molecule has 4 nitrogen and oxygen atoms in total. The van der Waals surface area contributed by atoms with E-state index in [1.807, 2.05) is 61.7 Å². The minimum absolute atomic E-state index is 0.488. The standard InChI is InChI=1S/C17H15ClN4S/c1-12-2-8-15(9-3-12)20-17(23)21-22-11-10-19-16(22)13-4-6-14(18)7-5-13/h2-11H,1H3,(H2,20,21,23). The van der Waals surface area contributed by atoms with Gasteiger partial charge in [0.1, 0.15) is 0 Å². The molecule has 0 fully saturated rings. The average Bonchev–Trinajstić information content (AvgIpc) is 2.98. The van der Waals surface area contributed by atoms with Gasteiger partial charge in [0.15, 0.2) is 10.9 Å². The van der Waals surface area contributed by atoms with Gasteiger partial charge < -0.3 is 5.32 Å². The highest BCUT2D eigenvalue weighted by Gasteiger charge is 2.07. The summed E-state index contributed by atoms with van der Waals surface area (Å²) in [5, 5.41) is 4.32. The van der Waals surface area contributed by atoms with Crippen molar-refractivity contribution in [2.75, 3.05) is 10.7 Å². The lowest BCUT2D eigenvalue weighted by molar-refractivity contribution is 0.988. The summed E-state index contributed by atoms with van der Waals surface area (Å²) in [4.78, 5) is 4.36. The highest BCUT2D eigenvalue weighted by atomic mass is 35.5. The number of halogens is 1. The predicted molar refractivity (Wildman–Crippen MR) is 99.4 cm³/mol. The fraction of sp³-hybridized carbons (Fsp3) is 0.0588. The van der Waals surface area contributed by atoms with Crippen LogP contribution in [0.25, 0.3) is 11.4 Å². The van der Waals surface area contributed by atoms with Gasteiger partial charge in [0, 0.05) is 28.7 Å². The summed E-state index contributed by atoms with van der Waals surface area (Å²) >= 11 is 11.3. The van der Waals surface area contributed by atoms with Crippen LogP contribution in [0.1, 0.15) is 5.56 Å². The molecule has 1 heterocycles. The monoisotopic (exact) mass is 342 g/mol. The molecule has 116 valence electrons. The van der Waals surface area contributed by atoms with E-state index in [1.165, 1.54) is 5.56 Å². The second-order valence-corrected chi connectivity index (χ2v) is 5.90. The quantitative estimate of drug-likeness (QED) is 0.690. The zero-order valence-corrected chi connectivity index (χ0v) is 14.0. The number of aromatic nitrogens is 2. The van der Waals surface area contributed by atoms with Gasteiger partial charge in [-0.15, -0.1) is 0 Å². The first kappa shape index (κ1) is 15.5. The molecule has 0 radical (unpaired) electrons. The Morgan fingerprint density at radius 1 is 1.09 bits per heavy atom. The fourth-order valence-electron chi connectivity index (χ4n) is 2.11. The Labute approximate surface area is 145 Å². The number of hydrogen-bond donors (Lipinski definition) is 2. The van der Waals surface area contributed by atoms with Gasteiger partial charge in [-0.1, -0.05) is 29.3 Å². The van der Waals surface area contributed by atoms with Crippen molar-refractivity contribution in [1.29, 1.82) is 0 Å². The molecule has 0 spiro atoms. The number of nitrogens with one attached hydrogen (secondary N) is 2. The molecule has 1 aromatic heterocycles. The maximum atomic E-state index is 5.92. The number of nitrogens with zero attached hydrogens (tertiary/aromatic N) is 2. The molecule has 0 saturated heterocycles. The molecule has 6 heteroatoms. The number of hydrogen-bond acceptors (Lipinski definition) is 2. The summed E-state index contributed by atoms with van der Waals surface area (Å²) in [7, 11) is 0. The van der Waals surface area contributed by atoms with E-state index in [-0.39, 0.29) is 0 Å². The molecule has 0 aliphatic heterocycles. The first-order valence-corrected chi connectivity index (χ1v) is 7.84. The van der Waals surface area contributed by atoms with E-state index in [4.69, 9.17) is 23.8 Å². The summed E-state index contributed by atoms with van der Waals surface area (Å²) in [6.45, 7) is 2.05. The Balaban J connectivity index is 1.73. The Morgan fingerprint density at radius 2 is 1.78 bits per heavy atom. The Morgan fingerprint density at radius 3 is 2.48 bits per heavy atom. The smallest absolute Gasteiger partial charge is 0.190 e. The van der Waals surface area contributed by atoms with Crippen molar-refractivity contribution in [1.82, 2.24) is 9.66 Å². The van der Waals surface area contributed by atoms with Crippen molar-refractivity contribution >= 4 is 34.6 Å². The summed E-state index contributed by atoms with van der Waals surface area (Å²) < 4.78 is 1.77. The maximum absolute atomic E-state index is 5.92. The van der Waals surface area contributed by atoms with E-state index in [9.17, 15) is 0 Å². The van der Waals surface area contributed by atoms with Crippen molar-refractivity contribution in [3.8, 4) is 11.4 Å². The van der Waals surface area contributed by atoms with Crippen LogP contribution in [0.5, 0.6) is 0 Å². The first-order chi connectivity index (χ1) is 11.1. The number of benzene rings is 2. The van der Waals surface area contributed by atoms with Crippen LogP contribution in [0.3, 0.4) is 0 Å². The lowest BCUT2D eigenvalue weighted by atomic mass is 10.2. The van der Waals surface area contributed by atoms with Crippen molar-refractivity contribution in [2.24, 2.45) is 0 Å². The normalized spacial score (nSPS) is 10.3. The third-order valence-corrected chi connectivity index (χ3v) is 3.72. The van der Waals surface area contributed by atoms with Gasteiger partial charge in [0.2, 0.25) is 0 Å². The molecule has 23 heavy (non-hydrogen) atoms. The van der Waals surface area contributed by atoms with Gasteiger partial charge in [0.05, 0.1) is 0 Å². The van der Waals surface area contributed by atoms with Crippen molar-refractivity contribution in [2.45, 2.75) is 6.92 Å². The van der Waals surface area contributed by atoms with E-state index in [2.05, 4.69) is 15.7 Å². The largest absolute Gasteiger partial charge is 0.331 e. The second-order valence-electron chi connectivity index (χ2n) is 5.06. The fourth-order valence-corrected chi connectivity index (χ4v) is 2.45. The van der Waals surface area contributed by atoms with Gasteiger partial charge in [-0.25, -0.2) is 9.66 Å². The molecular weight excluding hydrogens is 328 g/mol. The SMILES string of the molecule is Cc1ccc(NC(=S)Nn2ccnc2-c2ccc(Cl)cc2)cc1. The van der Waals surface area contributed by atoms with Crippen LogP contribution >= 0.6 is 23.8 Å². The van der Waals surface area contributed by atoms with E-state index in [1.54, 1.807) is 10.9 Å². The lowest BCUT2D eigenvalue weighted by Crippen LogP contribution is -2.27. The average molecular weight is 343 g/mol. The molecule has 0 unspecified atom stereocenters. The molecule has 3 aromatic rings. The Bertz CT molecular complexity index is 809. The van der Waals surface area contributed by atoms with Gasteiger partial charge in [-0.05, 0) is 55.5 Å². The topological polar surface area (TPSA) is 41.9 Å². The second kappa shape index (κ2) is 6.81. The summed E-state index contributed by atoms with van der Waals surface area (Å²) in [5.41, 5.74) is 6.19. The van der Waals surface area contributed by atoms with E-state index < -0.39 is 0 Å². The Kier molecular flexibility index (Phi) is 4.60. The van der Waals surface area contributed by atoms with Gasteiger partial charge in [-0.3, -0.25) is 5.43 Å². The third kappa shape index (κ3) is 3.88. The van der Waals surface area contributed by atoms with Crippen molar-refractivity contribution in [3.05, 3.63) is 71.5 Å². The third-order valence-electron chi connectivity index (χ3n) is 3.27. The molecule has 0 bridgehead atoms. The lowest BCUT2D eigenvalue weighted by Gasteiger charge is -2.13. The van der Waals surface area contributed by atoms with Crippen molar-refractivity contribution in [3.63, 3.8) is 0 Å². The van der Waals surface area contributed by atoms with Crippen LogP contribution in [0, 0.1) is 6.92 Å². The summed E-state index contributed by atoms with van der Waals surface area (Å²) in [5.74, 6) is 0.759. The molecule has 0 aliphatic rings. The molecule has 2 aromatic carbocycles. The van der Waals surface area contributed by atoms with Crippen LogP contribution < -0.4 is 10.7 Å². The minimum Gasteiger partial charge on any atom is -0.331 e. The molecule has 0 atom stereocenters. The number of anilines is 1. The number of thiocarbonyl (C=S) groups is 1. The molecule has 2 N–H and O–H groups in total. The summed E-state index contributed by atoms with van der Waals surface area (Å²) in [6.07, 6.45) is 3.53. The van der Waals surface area contributed by atoms with Crippen molar-refractivity contribution < 1.29 is 0 Å². The zero-order chi connectivity index (χ0) is 16.2. The number of imidazole rings is 1. The predicted octanol–water partition coefficient (Wildman–Crippen LogP) is 4.45. The molecule has 0 aliphatic carbocycles. The summed E-state index contributed by atoms with van der Waals surface area (Å²) in [6, 6.07) is 15.5. The van der Waals surface area contributed by atoms with Gasteiger partial charge in [-0.2, -0.15) is 0 Å². The highest BCUT2D eigenvalue weighted by molar-refractivity contribution is 7.80. The van der Waals surface area contributed by atoms with Crippen LogP contribution in [0.4, 0.5) is 5.69 Å². The highest BCUT2D eigenvalue weighted by Crippen LogP contribution is 2.19. The Hall–Kier alpha value is -2.37. The maximum Gasteiger partial charge on any atom is 0.190 e. The zero-order valence-electron chi connectivity index (χ0n) is 12.5. The van der Waals surface area contributed by atoms with Crippen LogP contribution in [-0.2, 0) is 0 Å².